The Morgan fingerprint density at radius 2 is 2.03 bits per heavy atom. The number of piperidine rings is 1. The Labute approximate surface area is 175 Å². The lowest BCUT2D eigenvalue weighted by atomic mass is 10.2. The van der Waals surface area contributed by atoms with Gasteiger partial charge in [0.25, 0.3) is 5.91 Å². The van der Waals surface area contributed by atoms with Crippen LogP contribution in [0.4, 0.5) is 5.69 Å². The van der Waals surface area contributed by atoms with Crippen LogP contribution in [0.5, 0.6) is 0 Å². The SMILES string of the molecule is Cn1cnc2c1CC[C@H]2NC(=O)c1cn(Cc2ccc(N3CC4CC4C3)cn2)cn1. The maximum atomic E-state index is 12.7. The van der Waals surface area contributed by atoms with Crippen molar-refractivity contribution < 1.29 is 4.79 Å². The van der Waals surface area contributed by atoms with E-state index < -0.39 is 0 Å². The fourth-order valence-corrected chi connectivity index (χ4v) is 4.92. The fraction of sp³-hybridized carbons (Fsp3) is 0.455. The van der Waals surface area contributed by atoms with Gasteiger partial charge in [0.15, 0.2) is 0 Å². The Bertz CT molecular complexity index is 1090. The predicted octanol–water partition coefficient (Wildman–Crippen LogP) is 1.93. The first-order valence-corrected chi connectivity index (χ1v) is 10.7. The Morgan fingerprint density at radius 1 is 1.17 bits per heavy atom. The second-order valence-corrected chi connectivity index (χ2v) is 8.85. The number of fused-ring (bicyclic) bond motifs is 2. The molecule has 2 unspecified atom stereocenters. The zero-order chi connectivity index (χ0) is 20.2. The van der Waals surface area contributed by atoms with E-state index in [9.17, 15) is 4.79 Å². The van der Waals surface area contributed by atoms with Gasteiger partial charge in [-0.1, -0.05) is 0 Å². The summed E-state index contributed by atoms with van der Waals surface area (Å²) in [6.45, 7) is 2.94. The molecule has 1 saturated carbocycles. The topological polar surface area (TPSA) is 80.9 Å². The third-order valence-electron chi connectivity index (χ3n) is 6.76. The average molecular weight is 403 g/mol. The molecule has 3 aromatic rings. The zero-order valence-corrected chi connectivity index (χ0v) is 17.0. The van der Waals surface area contributed by atoms with Crippen LogP contribution in [0.1, 0.15) is 46.5 Å². The number of nitrogens with zero attached hydrogens (tertiary/aromatic N) is 6. The van der Waals surface area contributed by atoms with Crippen molar-refractivity contribution in [3.63, 3.8) is 0 Å². The summed E-state index contributed by atoms with van der Waals surface area (Å²) in [6.07, 6.45) is 10.5. The molecule has 0 radical (unpaired) electrons. The van der Waals surface area contributed by atoms with Crippen molar-refractivity contribution in [2.75, 3.05) is 18.0 Å². The van der Waals surface area contributed by atoms with Crippen LogP contribution in [-0.2, 0) is 20.0 Å². The molecule has 0 spiro atoms. The van der Waals surface area contributed by atoms with Crippen molar-refractivity contribution in [3.8, 4) is 0 Å². The van der Waals surface area contributed by atoms with E-state index in [-0.39, 0.29) is 11.9 Å². The van der Waals surface area contributed by atoms with E-state index in [4.69, 9.17) is 0 Å². The van der Waals surface area contributed by atoms with Crippen molar-refractivity contribution in [1.29, 1.82) is 0 Å². The van der Waals surface area contributed by atoms with Crippen LogP contribution in [0.25, 0.3) is 0 Å². The number of amides is 1. The molecule has 2 fully saturated rings. The molecule has 1 aliphatic heterocycles. The summed E-state index contributed by atoms with van der Waals surface area (Å²) in [4.78, 5) is 28.5. The summed E-state index contributed by atoms with van der Waals surface area (Å²) in [5.41, 5.74) is 4.77. The van der Waals surface area contributed by atoms with Crippen LogP contribution in [-0.4, -0.2) is 43.1 Å². The molecule has 2 aliphatic carbocycles. The van der Waals surface area contributed by atoms with Gasteiger partial charge in [-0.25, -0.2) is 9.97 Å². The third-order valence-corrected chi connectivity index (χ3v) is 6.76. The van der Waals surface area contributed by atoms with E-state index in [1.807, 2.05) is 28.7 Å². The van der Waals surface area contributed by atoms with Gasteiger partial charge in [-0.2, -0.15) is 0 Å². The Kier molecular flexibility index (Phi) is 3.94. The quantitative estimate of drug-likeness (QED) is 0.704. The number of imidazole rings is 2. The highest BCUT2D eigenvalue weighted by Crippen LogP contribution is 2.46. The predicted molar refractivity (Wildman–Crippen MR) is 111 cm³/mol. The number of pyridine rings is 1. The monoisotopic (exact) mass is 403 g/mol. The Balaban J connectivity index is 1.09. The van der Waals surface area contributed by atoms with Gasteiger partial charge in [0.1, 0.15) is 5.69 Å². The maximum absolute atomic E-state index is 12.7. The number of hydrogen-bond donors (Lipinski definition) is 1. The molecule has 0 aromatic carbocycles. The van der Waals surface area contributed by atoms with Crippen LogP contribution in [0.2, 0.25) is 0 Å². The van der Waals surface area contributed by atoms with E-state index in [0.717, 1.165) is 36.1 Å². The Morgan fingerprint density at radius 3 is 2.83 bits per heavy atom. The van der Waals surface area contributed by atoms with Crippen molar-refractivity contribution in [3.05, 3.63) is 60.0 Å². The van der Waals surface area contributed by atoms with E-state index in [2.05, 4.69) is 37.3 Å². The van der Waals surface area contributed by atoms with Crippen molar-refractivity contribution >= 4 is 11.6 Å². The minimum Gasteiger partial charge on any atom is -0.370 e. The number of aromatic nitrogens is 5. The lowest BCUT2D eigenvalue weighted by Gasteiger charge is -2.19. The molecule has 0 bridgehead atoms. The molecule has 6 rings (SSSR count). The van der Waals surface area contributed by atoms with Crippen LogP contribution < -0.4 is 10.2 Å². The smallest absolute Gasteiger partial charge is 0.272 e. The number of aryl methyl sites for hydroxylation is 1. The summed E-state index contributed by atoms with van der Waals surface area (Å²) >= 11 is 0. The molecule has 1 amide bonds. The minimum absolute atomic E-state index is 0.0373. The van der Waals surface area contributed by atoms with E-state index in [0.29, 0.717) is 12.2 Å². The first-order valence-electron chi connectivity index (χ1n) is 10.7. The van der Waals surface area contributed by atoms with Crippen molar-refractivity contribution in [2.45, 2.75) is 31.8 Å². The van der Waals surface area contributed by atoms with Gasteiger partial charge >= 0.3 is 0 Å². The largest absolute Gasteiger partial charge is 0.370 e. The van der Waals surface area contributed by atoms with Gasteiger partial charge in [0, 0.05) is 32.0 Å². The first kappa shape index (κ1) is 17.7. The molecule has 1 saturated heterocycles. The standard InChI is InChI=1S/C22H25N7O/c1-27-12-25-21-18(4-5-20(21)27)26-22(30)19-11-28(13-24-19)10-16-2-3-17(7-23-16)29-8-14-6-15(14)9-29/h2-3,7,11-15,18H,4-6,8-10H2,1H3,(H,26,30)/t14?,15?,18-/m1/s1. The molecule has 30 heavy (non-hydrogen) atoms. The molecule has 8 nitrogen and oxygen atoms in total. The lowest BCUT2D eigenvalue weighted by Crippen LogP contribution is -2.27. The normalized spacial score (nSPS) is 24.0. The summed E-state index contributed by atoms with van der Waals surface area (Å²) in [6, 6.07) is 4.19. The van der Waals surface area contributed by atoms with Gasteiger partial charge in [0.2, 0.25) is 0 Å². The molecular weight excluding hydrogens is 378 g/mol. The second-order valence-electron chi connectivity index (χ2n) is 8.85. The molecule has 8 heteroatoms. The van der Waals surface area contributed by atoms with Crippen LogP contribution in [0, 0.1) is 11.8 Å². The van der Waals surface area contributed by atoms with Crippen LogP contribution in [0.15, 0.2) is 37.2 Å². The Hall–Kier alpha value is -3.16. The molecule has 3 atom stereocenters. The third kappa shape index (κ3) is 3.07. The number of rotatable bonds is 5. The van der Waals surface area contributed by atoms with E-state index in [1.54, 1.807) is 12.5 Å². The maximum Gasteiger partial charge on any atom is 0.272 e. The highest BCUT2D eigenvalue weighted by molar-refractivity contribution is 5.92. The summed E-state index contributed by atoms with van der Waals surface area (Å²) < 4.78 is 3.93. The summed E-state index contributed by atoms with van der Waals surface area (Å²) in [7, 11) is 1.99. The number of hydrogen-bond acceptors (Lipinski definition) is 5. The van der Waals surface area contributed by atoms with Crippen LogP contribution in [0.3, 0.4) is 0 Å². The van der Waals surface area contributed by atoms with Crippen molar-refractivity contribution in [2.24, 2.45) is 18.9 Å². The van der Waals surface area contributed by atoms with Gasteiger partial charge in [-0.15, -0.1) is 0 Å². The number of carbonyl (C=O) groups excluding carboxylic acids is 1. The fourth-order valence-electron chi connectivity index (χ4n) is 4.92. The minimum atomic E-state index is -0.159. The lowest BCUT2D eigenvalue weighted by molar-refractivity contribution is 0.0931. The highest BCUT2D eigenvalue weighted by atomic mass is 16.2. The first-order chi connectivity index (χ1) is 14.6. The second kappa shape index (κ2) is 6.68. The molecule has 3 aromatic heterocycles. The molecule has 154 valence electrons. The van der Waals surface area contributed by atoms with E-state index >= 15 is 0 Å². The number of nitrogens with one attached hydrogen (secondary N) is 1. The van der Waals surface area contributed by atoms with Gasteiger partial charge in [0.05, 0.1) is 48.5 Å². The van der Waals surface area contributed by atoms with Gasteiger partial charge < -0.3 is 19.4 Å². The summed E-state index contributed by atoms with van der Waals surface area (Å²) in [5.74, 6) is 1.66. The average Bonchev–Trinajstić information content (AvgIpc) is 3.21. The highest BCUT2D eigenvalue weighted by Gasteiger charge is 2.45. The van der Waals surface area contributed by atoms with E-state index in [1.165, 1.54) is 30.9 Å². The van der Waals surface area contributed by atoms with Gasteiger partial charge in [-0.05, 0) is 43.2 Å². The van der Waals surface area contributed by atoms with Crippen molar-refractivity contribution in [1.82, 2.24) is 29.4 Å². The zero-order valence-electron chi connectivity index (χ0n) is 17.0. The van der Waals surface area contributed by atoms with Gasteiger partial charge in [-0.3, -0.25) is 9.78 Å². The van der Waals surface area contributed by atoms with Crippen LogP contribution >= 0.6 is 0 Å². The molecular formula is C22H25N7O. The number of carbonyl (C=O) groups is 1. The summed E-state index contributed by atoms with van der Waals surface area (Å²) in [5, 5.41) is 3.08. The molecule has 4 heterocycles. The number of anilines is 1. The molecule has 3 aliphatic rings. The molecule has 1 N–H and O–H groups in total.